The highest BCUT2D eigenvalue weighted by Crippen LogP contribution is 2.39. The Kier molecular flexibility index (Phi) is 5.93. The quantitative estimate of drug-likeness (QED) is 0.776. The Labute approximate surface area is 183 Å². The summed E-state index contributed by atoms with van der Waals surface area (Å²) in [5.41, 5.74) is 2.49. The third-order valence-electron chi connectivity index (χ3n) is 6.56. The van der Waals surface area contributed by atoms with E-state index in [4.69, 9.17) is 5.26 Å². The summed E-state index contributed by atoms with van der Waals surface area (Å²) < 4.78 is 0. The van der Waals surface area contributed by atoms with Crippen LogP contribution in [0.25, 0.3) is 0 Å². The van der Waals surface area contributed by atoms with E-state index in [1.807, 2.05) is 24.3 Å². The van der Waals surface area contributed by atoms with E-state index in [1.54, 1.807) is 18.3 Å². The zero-order chi connectivity index (χ0) is 21.8. The highest BCUT2D eigenvalue weighted by Gasteiger charge is 2.40. The summed E-state index contributed by atoms with van der Waals surface area (Å²) in [5, 5.41) is 18.3. The fourth-order valence-electron chi connectivity index (χ4n) is 4.73. The van der Waals surface area contributed by atoms with Gasteiger partial charge in [0.2, 0.25) is 0 Å². The number of aromatic nitrogens is 1. The van der Waals surface area contributed by atoms with E-state index < -0.39 is 5.97 Å². The maximum absolute atomic E-state index is 11.4. The highest BCUT2D eigenvalue weighted by atomic mass is 16.4. The Morgan fingerprint density at radius 2 is 1.94 bits per heavy atom. The van der Waals surface area contributed by atoms with Crippen molar-refractivity contribution in [2.45, 2.75) is 31.7 Å². The molecule has 2 aromatic rings. The molecule has 1 aliphatic carbocycles. The fourth-order valence-corrected chi connectivity index (χ4v) is 4.73. The number of aromatic carboxylic acids is 1. The lowest BCUT2D eigenvalue weighted by Crippen LogP contribution is -2.55. The second-order valence-corrected chi connectivity index (χ2v) is 8.54. The molecule has 0 radical (unpaired) electrons. The first-order valence-electron chi connectivity index (χ1n) is 10.7. The summed E-state index contributed by atoms with van der Waals surface area (Å²) >= 11 is 0. The summed E-state index contributed by atoms with van der Waals surface area (Å²) in [6, 6.07) is 13.1. The molecule has 1 aromatic heterocycles. The van der Waals surface area contributed by atoms with Gasteiger partial charge in [0.05, 0.1) is 17.2 Å². The van der Waals surface area contributed by atoms with Crippen LogP contribution in [0.5, 0.6) is 0 Å². The molecule has 31 heavy (non-hydrogen) atoms. The molecule has 6 nitrogen and oxygen atoms in total. The van der Waals surface area contributed by atoms with Crippen LogP contribution in [0, 0.1) is 29.1 Å². The van der Waals surface area contributed by atoms with Crippen LogP contribution in [0.4, 0.5) is 5.69 Å². The monoisotopic (exact) mass is 414 g/mol. The average Bonchev–Trinajstić information content (AvgIpc) is 3.20. The van der Waals surface area contributed by atoms with Gasteiger partial charge in [0, 0.05) is 49.5 Å². The standard InChI is InChI=1S/C25H26N4O2/c1-25(29-15-13-28(14-16-29)21-7-4-20(18-26)5-8-21)11-10-19(17-25)6-9-23-22(24(30)31)3-2-12-27-23/h2-5,7-8,12,19H,10-11,13-17H2,1H3,(H,30,31)/t19-,25-/m0/s1. The van der Waals surface area contributed by atoms with Gasteiger partial charge < -0.3 is 10.0 Å². The van der Waals surface area contributed by atoms with Gasteiger partial charge in [-0.3, -0.25) is 4.90 Å². The number of nitrogens with zero attached hydrogens (tertiary/aromatic N) is 4. The molecule has 1 aromatic carbocycles. The van der Waals surface area contributed by atoms with Gasteiger partial charge in [-0.2, -0.15) is 5.26 Å². The zero-order valence-corrected chi connectivity index (χ0v) is 17.7. The third kappa shape index (κ3) is 4.55. The Hall–Kier alpha value is -3.35. The molecule has 6 heteroatoms. The molecule has 0 unspecified atom stereocenters. The Balaban J connectivity index is 1.37. The molecular formula is C25H26N4O2. The molecular weight excluding hydrogens is 388 g/mol. The van der Waals surface area contributed by atoms with Crippen molar-refractivity contribution >= 4 is 11.7 Å². The number of carbonyl (C=O) groups is 1. The molecule has 2 aliphatic rings. The number of hydrogen-bond acceptors (Lipinski definition) is 5. The molecule has 0 spiro atoms. The van der Waals surface area contributed by atoms with Crippen LogP contribution in [0.1, 0.15) is 47.8 Å². The van der Waals surface area contributed by atoms with Crippen LogP contribution in [-0.4, -0.2) is 52.7 Å². The van der Waals surface area contributed by atoms with E-state index in [2.05, 4.69) is 39.6 Å². The predicted molar refractivity (Wildman–Crippen MR) is 119 cm³/mol. The molecule has 1 N–H and O–H groups in total. The summed E-state index contributed by atoms with van der Waals surface area (Å²) in [4.78, 5) is 20.5. The second kappa shape index (κ2) is 8.79. The molecule has 1 aliphatic heterocycles. The summed E-state index contributed by atoms with van der Waals surface area (Å²) in [6.07, 6.45) is 4.69. The van der Waals surface area contributed by atoms with Crippen molar-refractivity contribution < 1.29 is 9.90 Å². The van der Waals surface area contributed by atoms with E-state index in [0.717, 1.165) is 45.4 Å². The molecule has 0 amide bonds. The normalized spacial score (nSPS) is 23.6. The molecule has 1 saturated carbocycles. The van der Waals surface area contributed by atoms with E-state index in [9.17, 15) is 9.90 Å². The number of piperazine rings is 1. The van der Waals surface area contributed by atoms with Crippen LogP contribution in [0.15, 0.2) is 42.6 Å². The van der Waals surface area contributed by atoms with Gasteiger partial charge in [-0.05, 0) is 68.5 Å². The van der Waals surface area contributed by atoms with Gasteiger partial charge in [0.1, 0.15) is 5.69 Å². The first kappa shape index (κ1) is 20.9. The van der Waals surface area contributed by atoms with E-state index in [0.29, 0.717) is 11.3 Å². The lowest BCUT2D eigenvalue weighted by atomic mass is 9.95. The number of pyridine rings is 1. The van der Waals surface area contributed by atoms with Crippen LogP contribution in [-0.2, 0) is 0 Å². The topological polar surface area (TPSA) is 80.5 Å². The maximum atomic E-state index is 11.4. The van der Waals surface area contributed by atoms with Crippen molar-refractivity contribution in [3.63, 3.8) is 0 Å². The number of rotatable bonds is 3. The van der Waals surface area contributed by atoms with Crippen molar-refractivity contribution in [3.8, 4) is 17.9 Å². The Bertz CT molecular complexity index is 1060. The first-order valence-corrected chi connectivity index (χ1v) is 10.7. The predicted octanol–water partition coefficient (Wildman–Crippen LogP) is 3.38. The van der Waals surface area contributed by atoms with E-state index >= 15 is 0 Å². The van der Waals surface area contributed by atoms with Gasteiger partial charge in [0.15, 0.2) is 0 Å². The minimum atomic E-state index is -0.992. The summed E-state index contributed by atoms with van der Waals surface area (Å²) in [6.45, 7) is 6.26. The lowest BCUT2D eigenvalue weighted by molar-refractivity contribution is 0.0696. The number of anilines is 1. The maximum Gasteiger partial charge on any atom is 0.338 e. The van der Waals surface area contributed by atoms with Crippen molar-refractivity contribution in [1.29, 1.82) is 5.26 Å². The minimum absolute atomic E-state index is 0.121. The number of carboxylic acid groups (broad SMARTS) is 1. The van der Waals surface area contributed by atoms with Crippen LogP contribution >= 0.6 is 0 Å². The third-order valence-corrected chi connectivity index (χ3v) is 6.56. The minimum Gasteiger partial charge on any atom is -0.478 e. The van der Waals surface area contributed by atoms with Crippen LogP contribution in [0.3, 0.4) is 0 Å². The van der Waals surface area contributed by atoms with Gasteiger partial charge in [-0.25, -0.2) is 9.78 Å². The molecule has 4 rings (SSSR count). The van der Waals surface area contributed by atoms with Gasteiger partial charge in [-0.15, -0.1) is 0 Å². The van der Waals surface area contributed by atoms with Gasteiger partial charge in [-0.1, -0.05) is 5.92 Å². The van der Waals surface area contributed by atoms with Gasteiger partial charge >= 0.3 is 5.97 Å². The molecule has 2 atom stereocenters. The summed E-state index contributed by atoms with van der Waals surface area (Å²) in [7, 11) is 0. The highest BCUT2D eigenvalue weighted by molar-refractivity contribution is 5.89. The van der Waals surface area contributed by atoms with Gasteiger partial charge in [0.25, 0.3) is 0 Å². The molecule has 2 fully saturated rings. The van der Waals surface area contributed by atoms with Crippen molar-refractivity contribution in [2.75, 3.05) is 31.1 Å². The van der Waals surface area contributed by atoms with Crippen molar-refractivity contribution in [2.24, 2.45) is 5.92 Å². The zero-order valence-electron chi connectivity index (χ0n) is 17.7. The Morgan fingerprint density at radius 3 is 2.61 bits per heavy atom. The fraction of sp³-hybridized carbons (Fsp3) is 0.400. The molecule has 158 valence electrons. The first-order chi connectivity index (χ1) is 15.0. The second-order valence-electron chi connectivity index (χ2n) is 8.54. The molecule has 0 bridgehead atoms. The number of benzene rings is 1. The van der Waals surface area contributed by atoms with E-state index in [-0.39, 0.29) is 17.0 Å². The number of nitriles is 1. The van der Waals surface area contributed by atoms with Crippen LogP contribution < -0.4 is 4.90 Å². The smallest absolute Gasteiger partial charge is 0.338 e. The summed E-state index contributed by atoms with van der Waals surface area (Å²) in [5.74, 6) is 5.58. The SMILES string of the molecule is C[C@]1(N2CCN(c3ccc(C#N)cc3)CC2)CC[C@H](C#Cc2ncccc2C(=O)O)C1. The number of carboxylic acids is 1. The Morgan fingerprint density at radius 1 is 1.19 bits per heavy atom. The average molecular weight is 415 g/mol. The van der Waals surface area contributed by atoms with E-state index in [1.165, 1.54) is 5.69 Å². The van der Waals surface area contributed by atoms with Crippen LogP contribution in [0.2, 0.25) is 0 Å². The largest absolute Gasteiger partial charge is 0.478 e. The molecule has 1 saturated heterocycles. The van der Waals surface area contributed by atoms with Crippen molar-refractivity contribution in [1.82, 2.24) is 9.88 Å². The lowest BCUT2D eigenvalue weighted by Gasteiger charge is -2.45. The van der Waals surface area contributed by atoms with Crippen molar-refractivity contribution in [3.05, 3.63) is 59.4 Å². The molecule has 2 heterocycles. The number of hydrogen-bond donors (Lipinski definition) is 1.